The number of rotatable bonds is 4. The smallest absolute Gasteiger partial charge is 0.413 e. The van der Waals surface area contributed by atoms with E-state index in [9.17, 15) is 9.90 Å². The normalized spacial score (nSPS) is 18.6. The van der Waals surface area contributed by atoms with Crippen molar-refractivity contribution in [3.63, 3.8) is 0 Å². The fourth-order valence-electron chi connectivity index (χ4n) is 5.05. The Morgan fingerprint density at radius 2 is 2.11 bits per heavy atom. The van der Waals surface area contributed by atoms with Crippen LogP contribution in [0.25, 0.3) is 21.9 Å². The molecule has 11 heteroatoms. The Balaban J connectivity index is 1.39. The van der Waals surface area contributed by atoms with Gasteiger partial charge in [0.15, 0.2) is 5.82 Å². The summed E-state index contributed by atoms with van der Waals surface area (Å²) in [6.45, 7) is 3.01. The van der Waals surface area contributed by atoms with Crippen LogP contribution in [0.15, 0.2) is 43.2 Å². The number of hydrogen-bond acceptors (Lipinski definition) is 7. The van der Waals surface area contributed by atoms with Crippen LogP contribution in [0.2, 0.25) is 0 Å². The standard InChI is InChI=1S/C25H24FN7O3/c1-13-18(10-31-24-23(13)29-3-5-36-24)17-6-14-7-20(30-11-19(14)22(27)21(17)26)33(25(34)35)16-8-15(9-16)32-4-2-28-12-32/h2,4,6-7,10-12,15-16,29H,3,5,8-9,27H2,1H3,(H,34,35). The molecular formula is C25H24FN7O3. The first kappa shape index (κ1) is 22.1. The summed E-state index contributed by atoms with van der Waals surface area (Å²) in [6, 6.07) is 3.28. The van der Waals surface area contributed by atoms with E-state index < -0.39 is 11.9 Å². The van der Waals surface area contributed by atoms with Crippen molar-refractivity contribution >= 4 is 34.1 Å². The molecule has 1 aliphatic carbocycles. The van der Waals surface area contributed by atoms with Crippen molar-refractivity contribution in [3.8, 4) is 17.0 Å². The molecule has 4 aromatic rings. The van der Waals surface area contributed by atoms with Crippen LogP contribution in [0.3, 0.4) is 0 Å². The Morgan fingerprint density at radius 3 is 2.86 bits per heavy atom. The lowest BCUT2D eigenvalue weighted by atomic mass is 9.85. The van der Waals surface area contributed by atoms with Gasteiger partial charge >= 0.3 is 6.09 Å². The third kappa shape index (κ3) is 3.46. The predicted octanol–water partition coefficient (Wildman–Crippen LogP) is 4.22. The highest BCUT2D eigenvalue weighted by atomic mass is 19.1. The third-order valence-electron chi connectivity index (χ3n) is 7.07. The molecule has 36 heavy (non-hydrogen) atoms. The number of carbonyl (C=O) groups is 1. The minimum atomic E-state index is -1.09. The Bertz CT molecular complexity index is 1490. The van der Waals surface area contributed by atoms with E-state index in [1.807, 2.05) is 17.7 Å². The maximum absolute atomic E-state index is 15.4. The molecule has 6 rings (SSSR count). The van der Waals surface area contributed by atoms with Crippen LogP contribution in [0, 0.1) is 12.7 Å². The van der Waals surface area contributed by atoms with Gasteiger partial charge in [-0.3, -0.25) is 4.90 Å². The van der Waals surface area contributed by atoms with Gasteiger partial charge < -0.3 is 25.5 Å². The van der Waals surface area contributed by atoms with Crippen molar-refractivity contribution in [2.45, 2.75) is 31.8 Å². The summed E-state index contributed by atoms with van der Waals surface area (Å²) in [6.07, 6.45) is 8.52. The average Bonchev–Trinajstić information content (AvgIpc) is 3.38. The first-order chi connectivity index (χ1) is 17.4. The summed E-state index contributed by atoms with van der Waals surface area (Å²) in [5, 5.41) is 14.3. The van der Waals surface area contributed by atoms with Crippen LogP contribution in [0.1, 0.15) is 24.4 Å². The number of fused-ring (bicyclic) bond motifs is 2. The van der Waals surface area contributed by atoms with E-state index >= 15 is 4.39 Å². The largest absolute Gasteiger partial charge is 0.474 e. The molecule has 184 valence electrons. The second kappa shape index (κ2) is 8.36. The van der Waals surface area contributed by atoms with Crippen LogP contribution in [-0.2, 0) is 0 Å². The van der Waals surface area contributed by atoms with Crippen LogP contribution in [0.4, 0.5) is 26.4 Å². The monoisotopic (exact) mass is 489 g/mol. The van der Waals surface area contributed by atoms with Crippen LogP contribution in [-0.4, -0.2) is 49.9 Å². The summed E-state index contributed by atoms with van der Waals surface area (Å²) in [5.41, 5.74) is 8.51. The summed E-state index contributed by atoms with van der Waals surface area (Å²) in [4.78, 5) is 26.2. The molecule has 10 nitrogen and oxygen atoms in total. The maximum atomic E-state index is 15.4. The van der Waals surface area contributed by atoms with E-state index in [4.69, 9.17) is 10.5 Å². The quantitative estimate of drug-likeness (QED) is 0.363. The number of ether oxygens (including phenoxy) is 1. The molecule has 0 unspecified atom stereocenters. The number of carboxylic acid groups (broad SMARTS) is 1. The molecule has 2 aliphatic rings. The highest BCUT2D eigenvalue weighted by molar-refractivity contribution is 5.99. The average molecular weight is 490 g/mol. The number of halogens is 1. The van der Waals surface area contributed by atoms with Gasteiger partial charge in [-0.2, -0.15) is 0 Å². The van der Waals surface area contributed by atoms with E-state index in [1.54, 1.807) is 30.9 Å². The number of imidazole rings is 1. The van der Waals surface area contributed by atoms with E-state index in [2.05, 4.69) is 20.3 Å². The maximum Gasteiger partial charge on any atom is 0.413 e. The van der Waals surface area contributed by atoms with Crippen LogP contribution < -0.4 is 20.7 Å². The molecule has 1 saturated carbocycles. The number of nitrogen functional groups attached to an aromatic ring is 1. The van der Waals surface area contributed by atoms with Crippen molar-refractivity contribution in [2.24, 2.45) is 0 Å². The van der Waals surface area contributed by atoms with Crippen molar-refractivity contribution in [1.82, 2.24) is 19.5 Å². The highest BCUT2D eigenvalue weighted by Gasteiger charge is 2.38. The first-order valence-electron chi connectivity index (χ1n) is 11.7. The third-order valence-corrected chi connectivity index (χ3v) is 7.07. The van der Waals surface area contributed by atoms with E-state index in [-0.39, 0.29) is 29.2 Å². The second-order valence-corrected chi connectivity index (χ2v) is 9.11. The molecule has 1 aromatic carbocycles. The zero-order chi connectivity index (χ0) is 25.0. The molecule has 1 aliphatic heterocycles. The number of nitrogens with zero attached hydrogens (tertiary/aromatic N) is 5. The lowest BCUT2D eigenvalue weighted by Gasteiger charge is -2.41. The summed E-state index contributed by atoms with van der Waals surface area (Å²) in [5.74, 6) is 0.182. The van der Waals surface area contributed by atoms with Crippen molar-refractivity contribution in [2.75, 3.05) is 29.1 Å². The lowest BCUT2D eigenvalue weighted by molar-refractivity contribution is 0.183. The molecule has 0 atom stereocenters. The van der Waals surface area contributed by atoms with Crippen molar-refractivity contribution in [3.05, 3.63) is 54.6 Å². The van der Waals surface area contributed by atoms with Crippen molar-refractivity contribution in [1.29, 1.82) is 0 Å². The Labute approximate surface area is 205 Å². The zero-order valence-electron chi connectivity index (χ0n) is 19.5. The van der Waals surface area contributed by atoms with Crippen LogP contribution >= 0.6 is 0 Å². The Morgan fingerprint density at radius 1 is 1.28 bits per heavy atom. The predicted molar refractivity (Wildman–Crippen MR) is 133 cm³/mol. The van der Waals surface area contributed by atoms with Gasteiger partial charge in [-0.15, -0.1) is 0 Å². The molecule has 0 bridgehead atoms. The zero-order valence-corrected chi connectivity index (χ0v) is 19.5. The fourth-order valence-corrected chi connectivity index (χ4v) is 5.05. The van der Waals surface area contributed by atoms with Crippen LogP contribution in [0.5, 0.6) is 5.88 Å². The number of pyridine rings is 2. The van der Waals surface area contributed by atoms with Gasteiger partial charge in [0.1, 0.15) is 18.1 Å². The van der Waals surface area contributed by atoms with Gasteiger partial charge in [0.2, 0.25) is 5.88 Å². The van der Waals surface area contributed by atoms with Crippen molar-refractivity contribution < 1.29 is 19.0 Å². The van der Waals surface area contributed by atoms with Gasteiger partial charge in [0.05, 0.1) is 12.0 Å². The number of amides is 1. The molecule has 4 heterocycles. The van der Waals surface area contributed by atoms with Gasteiger partial charge in [-0.25, -0.2) is 24.1 Å². The topological polar surface area (TPSA) is 131 Å². The Kier molecular flexibility index (Phi) is 5.13. The van der Waals surface area contributed by atoms with Gasteiger partial charge in [0, 0.05) is 59.9 Å². The van der Waals surface area contributed by atoms with Gasteiger partial charge in [-0.05, 0) is 42.8 Å². The SMILES string of the molecule is Cc1c(-c2cc3cc(N(C(=O)O)C4CC(n5ccnc5)C4)ncc3c(N)c2F)cnc2c1NCCO2. The lowest BCUT2D eigenvalue weighted by Crippen LogP contribution is -2.48. The number of aromatic nitrogens is 4. The molecule has 1 fully saturated rings. The Hall–Kier alpha value is -4.41. The summed E-state index contributed by atoms with van der Waals surface area (Å²) < 4.78 is 23.0. The molecule has 0 spiro atoms. The first-order valence-corrected chi connectivity index (χ1v) is 11.7. The summed E-state index contributed by atoms with van der Waals surface area (Å²) in [7, 11) is 0. The molecule has 0 radical (unpaired) electrons. The van der Waals surface area contributed by atoms with Gasteiger partial charge in [-0.1, -0.05) is 0 Å². The second-order valence-electron chi connectivity index (χ2n) is 9.11. The molecular weight excluding hydrogens is 465 g/mol. The van der Waals surface area contributed by atoms with Gasteiger partial charge in [0.25, 0.3) is 0 Å². The molecule has 1 amide bonds. The summed E-state index contributed by atoms with van der Waals surface area (Å²) >= 11 is 0. The van der Waals surface area contributed by atoms with E-state index in [0.29, 0.717) is 48.2 Å². The molecule has 4 N–H and O–H groups in total. The number of benzene rings is 1. The fraction of sp³-hybridized carbons (Fsp3) is 0.280. The number of hydrogen-bond donors (Lipinski definition) is 3. The molecule has 3 aromatic heterocycles. The molecule has 0 saturated heterocycles. The number of anilines is 3. The number of nitrogens with two attached hydrogens (primary N) is 1. The highest BCUT2D eigenvalue weighted by Crippen LogP contribution is 2.41. The van der Waals surface area contributed by atoms with E-state index in [0.717, 1.165) is 11.3 Å². The minimum absolute atomic E-state index is 0.0476. The minimum Gasteiger partial charge on any atom is -0.474 e. The number of nitrogens with one attached hydrogen (secondary N) is 1. The van der Waals surface area contributed by atoms with E-state index in [1.165, 1.54) is 11.1 Å².